The Morgan fingerprint density at radius 2 is 1.52 bits per heavy atom. The third-order valence-corrected chi connectivity index (χ3v) is 5.63. The van der Waals surface area contributed by atoms with Gasteiger partial charge < -0.3 is 0 Å². The lowest BCUT2D eigenvalue weighted by atomic mass is 9.77. The minimum absolute atomic E-state index is 0.744. The number of rotatable bonds is 6. The van der Waals surface area contributed by atoms with Crippen molar-refractivity contribution in [1.82, 2.24) is 0 Å². The standard InChI is InChI=1S/C25H28/c1-3-5-6-7-21-10-14-23(15-11-21)25-18-16-24(17-19-25)22-12-8-20(4-2)9-13-22/h2-3,8-9,12-13,16-19,21,23H,1,5-7,10-11,14-15H2. The van der Waals surface area contributed by atoms with Crippen LogP contribution in [0, 0.1) is 18.3 Å². The third-order valence-electron chi connectivity index (χ3n) is 5.63. The zero-order valence-electron chi connectivity index (χ0n) is 15.1. The molecule has 0 spiro atoms. The number of unbranched alkanes of at least 4 members (excludes halogenated alkanes) is 1. The lowest BCUT2D eigenvalue weighted by Gasteiger charge is -2.29. The second-order valence-corrected chi connectivity index (χ2v) is 7.28. The maximum absolute atomic E-state index is 5.43. The first-order chi connectivity index (χ1) is 12.3. The molecule has 1 fully saturated rings. The Balaban J connectivity index is 1.57. The molecule has 0 saturated heterocycles. The number of benzene rings is 2. The van der Waals surface area contributed by atoms with Gasteiger partial charge in [-0.3, -0.25) is 0 Å². The molecule has 0 bridgehead atoms. The summed E-state index contributed by atoms with van der Waals surface area (Å²) < 4.78 is 0. The number of hydrogen-bond donors (Lipinski definition) is 0. The van der Waals surface area contributed by atoms with Crippen LogP contribution in [0.5, 0.6) is 0 Å². The highest BCUT2D eigenvalue weighted by Gasteiger charge is 2.21. The van der Waals surface area contributed by atoms with Gasteiger partial charge in [-0.1, -0.05) is 54.8 Å². The highest BCUT2D eigenvalue weighted by Crippen LogP contribution is 2.38. The quantitative estimate of drug-likeness (QED) is 0.305. The van der Waals surface area contributed by atoms with Crippen LogP contribution in [0.3, 0.4) is 0 Å². The van der Waals surface area contributed by atoms with Crippen molar-refractivity contribution in [2.45, 2.75) is 50.9 Å². The zero-order valence-corrected chi connectivity index (χ0v) is 15.1. The van der Waals surface area contributed by atoms with Crippen molar-refractivity contribution in [3.05, 3.63) is 72.3 Å². The molecule has 0 aliphatic heterocycles. The predicted molar refractivity (Wildman–Crippen MR) is 109 cm³/mol. The molecule has 0 N–H and O–H groups in total. The highest BCUT2D eigenvalue weighted by atomic mass is 14.3. The van der Waals surface area contributed by atoms with Crippen molar-refractivity contribution >= 4 is 0 Å². The molecule has 128 valence electrons. The maximum Gasteiger partial charge on any atom is 0.0243 e. The van der Waals surface area contributed by atoms with Crippen molar-refractivity contribution in [2.24, 2.45) is 5.92 Å². The van der Waals surface area contributed by atoms with Crippen LogP contribution in [-0.4, -0.2) is 0 Å². The highest BCUT2D eigenvalue weighted by molar-refractivity contribution is 5.64. The number of hydrogen-bond acceptors (Lipinski definition) is 0. The summed E-state index contributed by atoms with van der Waals surface area (Å²) in [6.45, 7) is 3.82. The average molecular weight is 328 g/mol. The minimum Gasteiger partial charge on any atom is -0.115 e. The summed E-state index contributed by atoms with van der Waals surface area (Å²) in [4.78, 5) is 0. The van der Waals surface area contributed by atoms with Crippen LogP contribution in [0.2, 0.25) is 0 Å². The van der Waals surface area contributed by atoms with Crippen LogP contribution >= 0.6 is 0 Å². The van der Waals surface area contributed by atoms with Gasteiger partial charge in [0, 0.05) is 5.56 Å². The molecule has 0 atom stereocenters. The Kier molecular flexibility index (Phi) is 6.13. The van der Waals surface area contributed by atoms with Crippen LogP contribution in [0.15, 0.2) is 61.2 Å². The lowest BCUT2D eigenvalue weighted by molar-refractivity contribution is 0.306. The van der Waals surface area contributed by atoms with Crippen molar-refractivity contribution < 1.29 is 0 Å². The Morgan fingerprint density at radius 3 is 2.08 bits per heavy atom. The zero-order chi connectivity index (χ0) is 17.5. The van der Waals surface area contributed by atoms with Gasteiger partial charge in [0.1, 0.15) is 0 Å². The van der Waals surface area contributed by atoms with Crippen molar-refractivity contribution in [1.29, 1.82) is 0 Å². The molecular formula is C25H28. The molecule has 1 aliphatic rings. The van der Waals surface area contributed by atoms with Crippen LogP contribution in [0.4, 0.5) is 0 Å². The van der Waals surface area contributed by atoms with Gasteiger partial charge in [0.05, 0.1) is 0 Å². The maximum atomic E-state index is 5.43. The first-order valence-electron chi connectivity index (χ1n) is 9.58. The second-order valence-electron chi connectivity index (χ2n) is 7.28. The van der Waals surface area contributed by atoms with Gasteiger partial charge in [0.25, 0.3) is 0 Å². The van der Waals surface area contributed by atoms with E-state index in [4.69, 9.17) is 6.42 Å². The summed E-state index contributed by atoms with van der Waals surface area (Å²) in [6.07, 6.45) is 16.8. The van der Waals surface area contributed by atoms with Crippen LogP contribution in [0.1, 0.15) is 62.0 Å². The number of allylic oxidation sites excluding steroid dienone is 1. The van der Waals surface area contributed by atoms with E-state index in [0.29, 0.717) is 0 Å². The summed E-state index contributed by atoms with van der Waals surface area (Å²) in [5, 5.41) is 0. The molecule has 2 aromatic rings. The van der Waals surface area contributed by atoms with Crippen LogP contribution < -0.4 is 0 Å². The van der Waals surface area contributed by atoms with E-state index in [1.54, 1.807) is 0 Å². The van der Waals surface area contributed by atoms with E-state index >= 15 is 0 Å². The van der Waals surface area contributed by atoms with E-state index in [-0.39, 0.29) is 0 Å². The number of terminal acetylenes is 1. The van der Waals surface area contributed by atoms with Gasteiger partial charge in [-0.25, -0.2) is 0 Å². The van der Waals surface area contributed by atoms with E-state index in [0.717, 1.165) is 17.4 Å². The van der Waals surface area contributed by atoms with E-state index < -0.39 is 0 Å². The molecular weight excluding hydrogens is 300 g/mol. The van der Waals surface area contributed by atoms with E-state index in [9.17, 15) is 0 Å². The molecule has 2 aromatic carbocycles. The summed E-state index contributed by atoms with van der Waals surface area (Å²) >= 11 is 0. The molecule has 1 aliphatic carbocycles. The summed E-state index contributed by atoms with van der Waals surface area (Å²) in [7, 11) is 0. The fraction of sp³-hybridized carbons (Fsp3) is 0.360. The first-order valence-corrected chi connectivity index (χ1v) is 9.58. The largest absolute Gasteiger partial charge is 0.115 e. The van der Waals surface area contributed by atoms with Gasteiger partial charge in [0.15, 0.2) is 0 Å². The van der Waals surface area contributed by atoms with Gasteiger partial charge in [0.2, 0.25) is 0 Å². The second kappa shape index (κ2) is 8.72. The van der Waals surface area contributed by atoms with E-state index in [1.807, 2.05) is 18.2 Å². The Hall–Kier alpha value is -2.26. The first kappa shape index (κ1) is 17.6. The molecule has 0 heterocycles. The fourth-order valence-electron chi connectivity index (χ4n) is 4.04. The molecule has 0 aromatic heterocycles. The normalized spacial score (nSPS) is 20.0. The van der Waals surface area contributed by atoms with Gasteiger partial charge in [-0.2, -0.15) is 0 Å². The monoisotopic (exact) mass is 328 g/mol. The summed E-state index contributed by atoms with van der Waals surface area (Å²) in [5.74, 6) is 4.35. The molecule has 0 unspecified atom stereocenters. The third kappa shape index (κ3) is 4.64. The topological polar surface area (TPSA) is 0 Å². The molecule has 0 radical (unpaired) electrons. The molecule has 0 nitrogen and oxygen atoms in total. The molecule has 0 heteroatoms. The smallest absolute Gasteiger partial charge is 0.0243 e. The van der Waals surface area contributed by atoms with Gasteiger partial charge in [-0.05, 0) is 79.2 Å². The predicted octanol–water partition coefficient (Wildman–Crippen LogP) is 6.97. The minimum atomic E-state index is 0.744. The van der Waals surface area contributed by atoms with Crippen LogP contribution in [-0.2, 0) is 0 Å². The average Bonchev–Trinajstić information content (AvgIpc) is 2.69. The Bertz CT molecular complexity index is 704. The molecule has 3 rings (SSSR count). The molecule has 1 saturated carbocycles. The van der Waals surface area contributed by atoms with E-state index in [1.165, 1.54) is 61.6 Å². The fourth-order valence-corrected chi connectivity index (χ4v) is 4.04. The molecule has 25 heavy (non-hydrogen) atoms. The van der Waals surface area contributed by atoms with Crippen molar-refractivity contribution in [2.75, 3.05) is 0 Å². The summed E-state index contributed by atoms with van der Waals surface area (Å²) in [6, 6.07) is 17.4. The van der Waals surface area contributed by atoms with Gasteiger partial charge >= 0.3 is 0 Å². The van der Waals surface area contributed by atoms with Crippen molar-refractivity contribution in [3.8, 4) is 23.5 Å². The Labute approximate surface area is 153 Å². The molecule has 0 amide bonds. The van der Waals surface area contributed by atoms with E-state index in [2.05, 4.69) is 48.9 Å². The van der Waals surface area contributed by atoms with Crippen molar-refractivity contribution in [3.63, 3.8) is 0 Å². The Morgan fingerprint density at radius 1 is 0.920 bits per heavy atom. The summed E-state index contributed by atoms with van der Waals surface area (Å²) in [5.41, 5.74) is 4.95. The van der Waals surface area contributed by atoms with Crippen LogP contribution in [0.25, 0.3) is 11.1 Å². The SMILES string of the molecule is C#Cc1ccc(-c2ccc(C3CCC(CCCC=C)CC3)cc2)cc1. The lowest BCUT2D eigenvalue weighted by Crippen LogP contribution is -2.13. The van der Waals surface area contributed by atoms with Gasteiger partial charge in [-0.15, -0.1) is 13.0 Å².